The number of hydrogen-bond acceptors (Lipinski definition) is 7. The maximum atomic E-state index is 13.7. The van der Waals surface area contributed by atoms with Crippen LogP contribution < -0.4 is 15.4 Å². The molecule has 1 atom stereocenters. The van der Waals surface area contributed by atoms with Crippen molar-refractivity contribution in [2.45, 2.75) is 19.4 Å². The van der Waals surface area contributed by atoms with Gasteiger partial charge in [-0.2, -0.15) is 15.0 Å². The molecule has 1 unspecified atom stereocenters. The Morgan fingerprint density at radius 3 is 2.65 bits per heavy atom. The van der Waals surface area contributed by atoms with Crippen molar-refractivity contribution >= 4 is 23.5 Å². The average molecular weight is 381 g/mol. The lowest BCUT2D eigenvalue weighted by Gasteiger charge is -2.32. The second kappa shape index (κ2) is 8.01. The largest absolute Gasteiger partial charge is 0.481 e. The molecular weight excluding hydrogens is 359 g/mol. The van der Waals surface area contributed by atoms with Crippen LogP contribution in [0.5, 0.6) is 5.75 Å². The Morgan fingerprint density at radius 2 is 1.96 bits per heavy atom. The van der Waals surface area contributed by atoms with Gasteiger partial charge in [-0.25, -0.2) is 4.39 Å². The third-order valence-electron chi connectivity index (χ3n) is 4.29. The Bertz CT molecular complexity index is 769. The third-order valence-corrected chi connectivity index (χ3v) is 4.66. The van der Waals surface area contributed by atoms with E-state index in [4.69, 9.17) is 22.1 Å². The molecule has 0 radical (unpaired) electrons. The van der Waals surface area contributed by atoms with Crippen LogP contribution in [0, 0.1) is 5.82 Å². The Balaban J connectivity index is 1.85. The predicted molar refractivity (Wildman–Crippen MR) is 99.0 cm³/mol. The highest BCUT2D eigenvalue weighted by molar-refractivity contribution is 6.32. The van der Waals surface area contributed by atoms with E-state index in [-0.39, 0.29) is 16.7 Å². The molecule has 1 aromatic heterocycles. The molecular formula is C17H22ClFN6O. The fourth-order valence-electron chi connectivity index (χ4n) is 2.74. The van der Waals surface area contributed by atoms with E-state index < -0.39 is 11.9 Å². The summed E-state index contributed by atoms with van der Waals surface area (Å²) in [6.45, 7) is 5.40. The maximum absolute atomic E-state index is 13.7. The minimum Gasteiger partial charge on any atom is -0.481 e. The Morgan fingerprint density at radius 1 is 1.23 bits per heavy atom. The van der Waals surface area contributed by atoms with Gasteiger partial charge in [0.15, 0.2) is 11.9 Å². The number of likely N-dealkylation sites (N-methyl/N-ethyl adjacent to an activating group) is 1. The van der Waals surface area contributed by atoms with Crippen molar-refractivity contribution < 1.29 is 9.13 Å². The van der Waals surface area contributed by atoms with E-state index in [0.717, 1.165) is 26.2 Å². The Kier molecular flexibility index (Phi) is 5.73. The van der Waals surface area contributed by atoms with E-state index >= 15 is 0 Å². The summed E-state index contributed by atoms with van der Waals surface area (Å²) >= 11 is 5.99. The highest BCUT2D eigenvalue weighted by atomic mass is 35.5. The molecule has 2 N–H and O–H groups in total. The van der Waals surface area contributed by atoms with Crippen molar-refractivity contribution in [2.75, 3.05) is 43.9 Å². The normalized spacial score (nSPS) is 16.5. The first-order valence-corrected chi connectivity index (χ1v) is 8.91. The van der Waals surface area contributed by atoms with Gasteiger partial charge in [0.1, 0.15) is 16.6 Å². The first-order chi connectivity index (χ1) is 12.5. The van der Waals surface area contributed by atoms with Crippen LogP contribution in [0.4, 0.5) is 16.3 Å². The van der Waals surface area contributed by atoms with E-state index in [1.54, 1.807) is 12.1 Å². The zero-order chi connectivity index (χ0) is 18.7. The molecule has 0 spiro atoms. The van der Waals surface area contributed by atoms with Gasteiger partial charge in [0.25, 0.3) is 0 Å². The van der Waals surface area contributed by atoms with Gasteiger partial charge in [0.05, 0.1) is 0 Å². The number of hydrogen-bond donors (Lipinski definition) is 1. The molecule has 2 aromatic rings. The van der Waals surface area contributed by atoms with Gasteiger partial charge >= 0.3 is 0 Å². The lowest BCUT2D eigenvalue weighted by Crippen LogP contribution is -2.45. The van der Waals surface area contributed by atoms with Gasteiger partial charge in [-0.15, -0.1) is 0 Å². The van der Waals surface area contributed by atoms with Crippen LogP contribution >= 0.6 is 11.6 Å². The van der Waals surface area contributed by atoms with Crippen molar-refractivity contribution in [1.82, 2.24) is 19.9 Å². The van der Waals surface area contributed by atoms with Crippen LogP contribution in [0.25, 0.3) is 0 Å². The smallest absolute Gasteiger partial charge is 0.230 e. The molecule has 26 heavy (non-hydrogen) atoms. The van der Waals surface area contributed by atoms with Gasteiger partial charge in [-0.3, -0.25) is 0 Å². The summed E-state index contributed by atoms with van der Waals surface area (Å²) in [6, 6.07) is 4.43. The SMILES string of the molecule is CCC(Oc1cccc(F)c1Cl)c1nc(N)nc(N2CCN(C)CC2)n1. The predicted octanol–water partition coefficient (Wildman–Crippen LogP) is 2.53. The van der Waals surface area contributed by atoms with Crippen LogP contribution in [0.3, 0.4) is 0 Å². The number of benzene rings is 1. The summed E-state index contributed by atoms with van der Waals surface area (Å²) in [4.78, 5) is 17.3. The molecule has 9 heteroatoms. The molecule has 3 rings (SSSR count). The van der Waals surface area contributed by atoms with E-state index in [1.165, 1.54) is 6.07 Å². The van der Waals surface area contributed by atoms with Crippen molar-refractivity contribution in [3.05, 3.63) is 34.9 Å². The Labute approximate surface area is 157 Å². The fraction of sp³-hybridized carbons (Fsp3) is 0.471. The summed E-state index contributed by atoms with van der Waals surface area (Å²) in [6.07, 6.45) is 0.0594. The summed E-state index contributed by atoms with van der Waals surface area (Å²) in [5, 5.41) is -0.0627. The van der Waals surface area contributed by atoms with E-state index in [0.29, 0.717) is 18.2 Å². The number of nitrogen functional groups attached to an aromatic ring is 1. The van der Waals surface area contributed by atoms with Gasteiger partial charge in [0.2, 0.25) is 11.9 Å². The average Bonchev–Trinajstić information content (AvgIpc) is 2.63. The standard InChI is InChI=1S/C17H22ClFN6O/c1-3-12(26-13-6-4-5-11(19)14(13)18)15-21-16(20)23-17(22-15)25-9-7-24(2)8-10-25/h4-6,12H,3,7-10H2,1-2H3,(H2,20,21,22,23). The second-order valence-corrected chi connectivity index (χ2v) is 6.59. The molecule has 0 amide bonds. The van der Waals surface area contributed by atoms with E-state index in [9.17, 15) is 4.39 Å². The molecule has 2 heterocycles. The number of ether oxygens (including phenoxy) is 1. The van der Waals surface area contributed by atoms with E-state index in [2.05, 4.69) is 31.8 Å². The van der Waals surface area contributed by atoms with Crippen LogP contribution in [0.2, 0.25) is 5.02 Å². The van der Waals surface area contributed by atoms with Crippen molar-refractivity contribution in [3.8, 4) is 5.75 Å². The lowest BCUT2D eigenvalue weighted by molar-refractivity contribution is 0.190. The second-order valence-electron chi connectivity index (χ2n) is 6.21. The molecule has 0 aliphatic carbocycles. The number of piperazine rings is 1. The molecule has 1 aromatic carbocycles. The number of anilines is 2. The molecule has 0 bridgehead atoms. The summed E-state index contributed by atoms with van der Waals surface area (Å²) < 4.78 is 19.5. The topological polar surface area (TPSA) is 80.4 Å². The van der Waals surface area contributed by atoms with Crippen LogP contribution in [0.1, 0.15) is 25.3 Å². The highest BCUT2D eigenvalue weighted by Crippen LogP contribution is 2.31. The first kappa shape index (κ1) is 18.6. The summed E-state index contributed by atoms with van der Waals surface area (Å²) in [5.74, 6) is 0.796. The third kappa shape index (κ3) is 4.13. The monoisotopic (exact) mass is 380 g/mol. The van der Waals surface area contributed by atoms with Gasteiger partial charge < -0.3 is 20.3 Å². The highest BCUT2D eigenvalue weighted by Gasteiger charge is 2.22. The Hall–Kier alpha value is -2.19. The van der Waals surface area contributed by atoms with Gasteiger partial charge in [-0.1, -0.05) is 24.6 Å². The number of aromatic nitrogens is 3. The lowest BCUT2D eigenvalue weighted by atomic mass is 10.2. The minimum absolute atomic E-state index is 0.0627. The van der Waals surface area contributed by atoms with Gasteiger partial charge in [0, 0.05) is 26.2 Å². The number of rotatable bonds is 5. The van der Waals surface area contributed by atoms with Crippen LogP contribution in [0.15, 0.2) is 18.2 Å². The zero-order valence-electron chi connectivity index (χ0n) is 14.8. The molecule has 7 nitrogen and oxygen atoms in total. The van der Waals surface area contributed by atoms with E-state index in [1.807, 2.05) is 6.92 Å². The van der Waals surface area contributed by atoms with Gasteiger partial charge in [-0.05, 0) is 25.6 Å². The fourth-order valence-corrected chi connectivity index (χ4v) is 2.91. The van der Waals surface area contributed by atoms with Crippen LogP contribution in [-0.2, 0) is 0 Å². The van der Waals surface area contributed by atoms with Crippen molar-refractivity contribution in [3.63, 3.8) is 0 Å². The molecule has 0 saturated carbocycles. The summed E-state index contributed by atoms with van der Waals surface area (Å²) in [5.41, 5.74) is 5.89. The minimum atomic E-state index is -0.535. The molecule has 140 valence electrons. The molecule has 1 aliphatic heterocycles. The molecule has 1 aliphatic rings. The molecule has 1 saturated heterocycles. The van der Waals surface area contributed by atoms with Crippen LogP contribution in [-0.4, -0.2) is 53.1 Å². The zero-order valence-corrected chi connectivity index (χ0v) is 15.6. The number of nitrogens with two attached hydrogens (primary N) is 1. The first-order valence-electron chi connectivity index (χ1n) is 8.53. The number of nitrogens with zero attached hydrogens (tertiary/aromatic N) is 5. The van der Waals surface area contributed by atoms with Crippen molar-refractivity contribution in [2.24, 2.45) is 0 Å². The quantitative estimate of drug-likeness (QED) is 0.853. The van der Waals surface area contributed by atoms with Crippen molar-refractivity contribution in [1.29, 1.82) is 0 Å². The molecule has 1 fully saturated rings. The maximum Gasteiger partial charge on any atom is 0.230 e. The summed E-state index contributed by atoms with van der Waals surface area (Å²) in [7, 11) is 2.08. The number of halogens is 2.